The number of fused-ring (bicyclic) bond motifs is 1. The zero-order chi connectivity index (χ0) is 23.1. The van der Waals surface area contributed by atoms with E-state index < -0.39 is 0 Å². The molecule has 0 amide bonds. The SMILES string of the molecule is CC1CCN(c2nc(-c3ccc(C#N)cc3)c(-c3ccc4c(cnn4C)c3)c(=O)n2C)CC1. The van der Waals surface area contributed by atoms with Crippen LogP contribution in [0, 0.1) is 17.2 Å². The molecule has 1 saturated heterocycles. The molecular formula is C26H26N6O. The normalized spacial score (nSPS) is 14.5. The summed E-state index contributed by atoms with van der Waals surface area (Å²) in [6.07, 6.45) is 3.98. The molecule has 5 rings (SSSR count). The number of piperidine rings is 1. The maximum atomic E-state index is 13.8. The van der Waals surface area contributed by atoms with Crippen LogP contribution in [-0.2, 0) is 14.1 Å². The summed E-state index contributed by atoms with van der Waals surface area (Å²) in [6, 6.07) is 15.4. The number of rotatable bonds is 3. The first-order valence-electron chi connectivity index (χ1n) is 11.2. The van der Waals surface area contributed by atoms with E-state index in [1.165, 1.54) is 0 Å². The maximum absolute atomic E-state index is 13.8. The third-order valence-corrected chi connectivity index (χ3v) is 6.66. The Bertz CT molecular complexity index is 1430. The molecule has 0 radical (unpaired) electrons. The molecule has 7 nitrogen and oxygen atoms in total. The summed E-state index contributed by atoms with van der Waals surface area (Å²) in [6.45, 7) is 4.04. The second kappa shape index (κ2) is 8.21. The minimum absolute atomic E-state index is 0.0822. The van der Waals surface area contributed by atoms with Gasteiger partial charge in [-0.2, -0.15) is 10.4 Å². The molecule has 1 aliphatic rings. The van der Waals surface area contributed by atoms with Crippen molar-refractivity contribution in [3.8, 4) is 28.5 Å². The van der Waals surface area contributed by atoms with Gasteiger partial charge in [-0.25, -0.2) is 4.98 Å². The Morgan fingerprint density at radius 3 is 2.42 bits per heavy atom. The minimum Gasteiger partial charge on any atom is -0.342 e. The van der Waals surface area contributed by atoms with Gasteiger partial charge in [0, 0.05) is 38.1 Å². The molecule has 3 heterocycles. The Labute approximate surface area is 192 Å². The molecule has 166 valence electrons. The summed E-state index contributed by atoms with van der Waals surface area (Å²) >= 11 is 0. The third kappa shape index (κ3) is 3.68. The molecule has 0 aliphatic carbocycles. The Hall–Kier alpha value is -3.92. The van der Waals surface area contributed by atoms with E-state index in [0.717, 1.165) is 48.0 Å². The first-order valence-corrected chi connectivity index (χ1v) is 11.2. The maximum Gasteiger partial charge on any atom is 0.263 e. The highest BCUT2D eigenvalue weighted by molar-refractivity contribution is 5.88. The summed E-state index contributed by atoms with van der Waals surface area (Å²) in [7, 11) is 3.70. The summed E-state index contributed by atoms with van der Waals surface area (Å²) in [4.78, 5) is 21.0. The molecule has 0 N–H and O–H groups in total. The summed E-state index contributed by atoms with van der Waals surface area (Å²) in [5.41, 5.74) is 4.32. The van der Waals surface area contributed by atoms with E-state index in [1.807, 2.05) is 42.1 Å². The van der Waals surface area contributed by atoms with Crippen LogP contribution in [0.1, 0.15) is 25.3 Å². The number of nitriles is 1. The van der Waals surface area contributed by atoms with E-state index in [0.29, 0.717) is 28.7 Å². The van der Waals surface area contributed by atoms with Crippen molar-refractivity contribution in [2.45, 2.75) is 19.8 Å². The number of hydrogen-bond acceptors (Lipinski definition) is 5. The topological polar surface area (TPSA) is 79.7 Å². The van der Waals surface area contributed by atoms with Crippen LogP contribution in [0.2, 0.25) is 0 Å². The van der Waals surface area contributed by atoms with Crippen molar-refractivity contribution in [2.24, 2.45) is 20.0 Å². The first-order chi connectivity index (χ1) is 16.0. The highest BCUT2D eigenvalue weighted by atomic mass is 16.1. The lowest BCUT2D eigenvalue weighted by Gasteiger charge is -2.32. The van der Waals surface area contributed by atoms with Gasteiger partial charge in [-0.15, -0.1) is 0 Å². The smallest absolute Gasteiger partial charge is 0.263 e. The molecule has 0 spiro atoms. The van der Waals surface area contributed by atoms with Gasteiger partial charge in [-0.1, -0.05) is 25.1 Å². The van der Waals surface area contributed by atoms with Gasteiger partial charge in [0.2, 0.25) is 5.95 Å². The molecule has 1 fully saturated rings. The van der Waals surface area contributed by atoms with E-state index >= 15 is 0 Å². The van der Waals surface area contributed by atoms with E-state index in [2.05, 4.69) is 23.0 Å². The summed E-state index contributed by atoms with van der Waals surface area (Å²) in [5.74, 6) is 1.37. The Kier molecular flexibility index (Phi) is 5.21. The van der Waals surface area contributed by atoms with Gasteiger partial charge in [0.1, 0.15) is 0 Å². The van der Waals surface area contributed by atoms with Crippen molar-refractivity contribution in [1.82, 2.24) is 19.3 Å². The number of aromatic nitrogens is 4. The van der Waals surface area contributed by atoms with Crippen molar-refractivity contribution < 1.29 is 0 Å². The van der Waals surface area contributed by atoms with Crippen molar-refractivity contribution in [3.63, 3.8) is 0 Å². The molecule has 0 saturated carbocycles. The lowest BCUT2D eigenvalue weighted by atomic mass is 9.98. The van der Waals surface area contributed by atoms with Gasteiger partial charge in [0.25, 0.3) is 5.56 Å². The number of aryl methyl sites for hydroxylation is 1. The number of hydrogen-bond donors (Lipinski definition) is 0. The van der Waals surface area contributed by atoms with Gasteiger partial charge in [0.05, 0.1) is 34.6 Å². The molecule has 2 aromatic heterocycles. The fourth-order valence-electron chi connectivity index (χ4n) is 4.57. The Morgan fingerprint density at radius 2 is 1.73 bits per heavy atom. The van der Waals surface area contributed by atoms with Crippen molar-refractivity contribution in [1.29, 1.82) is 5.26 Å². The Balaban J connectivity index is 1.73. The lowest BCUT2D eigenvalue weighted by molar-refractivity contribution is 0.431. The molecule has 0 atom stereocenters. The molecule has 7 heteroatoms. The average Bonchev–Trinajstić information content (AvgIpc) is 3.21. The summed E-state index contributed by atoms with van der Waals surface area (Å²) in [5, 5.41) is 14.5. The van der Waals surface area contributed by atoms with Crippen LogP contribution >= 0.6 is 0 Å². The molecule has 1 aliphatic heterocycles. The van der Waals surface area contributed by atoms with Gasteiger partial charge >= 0.3 is 0 Å². The monoisotopic (exact) mass is 438 g/mol. The lowest BCUT2D eigenvalue weighted by Crippen LogP contribution is -2.38. The van der Waals surface area contributed by atoms with Gasteiger partial charge in [-0.3, -0.25) is 14.0 Å². The van der Waals surface area contributed by atoms with E-state index in [1.54, 1.807) is 29.9 Å². The van der Waals surface area contributed by atoms with Gasteiger partial charge < -0.3 is 4.90 Å². The second-order valence-corrected chi connectivity index (χ2v) is 8.90. The molecular weight excluding hydrogens is 412 g/mol. The number of nitrogens with zero attached hydrogens (tertiary/aromatic N) is 6. The van der Waals surface area contributed by atoms with E-state index in [9.17, 15) is 10.1 Å². The molecule has 0 unspecified atom stereocenters. The summed E-state index contributed by atoms with van der Waals surface area (Å²) < 4.78 is 3.49. The standard InChI is InChI=1S/C26H26N6O/c1-17-10-12-32(13-11-17)26-29-24(19-6-4-18(15-27)5-7-19)23(25(33)30(26)2)20-8-9-22-21(14-20)16-28-31(22)3/h4-9,14,16-17H,10-13H2,1-3H3. The fraction of sp³-hybridized carbons (Fsp3) is 0.308. The first kappa shape index (κ1) is 21.0. The van der Waals surface area contributed by atoms with E-state index in [-0.39, 0.29) is 5.56 Å². The highest BCUT2D eigenvalue weighted by Gasteiger charge is 2.24. The molecule has 0 bridgehead atoms. The van der Waals surface area contributed by atoms with Crippen LogP contribution in [0.3, 0.4) is 0 Å². The van der Waals surface area contributed by atoms with Crippen molar-refractivity contribution >= 4 is 16.9 Å². The van der Waals surface area contributed by atoms with Crippen molar-refractivity contribution in [3.05, 3.63) is 64.6 Å². The highest BCUT2D eigenvalue weighted by Crippen LogP contribution is 2.32. The second-order valence-electron chi connectivity index (χ2n) is 8.90. The Morgan fingerprint density at radius 1 is 1.03 bits per heavy atom. The van der Waals surface area contributed by atoms with E-state index in [4.69, 9.17) is 4.98 Å². The van der Waals surface area contributed by atoms with Crippen molar-refractivity contribution in [2.75, 3.05) is 18.0 Å². The van der Waals surface area contributed by atoms with Gasteiger partial charge in [0.15, 0.2) is 0 Å². The van der Waals surface area contributed by atoms with Gasteiger partial charge in [-0.05, 0) is 48.6 Å². The van der Waals surface area contributed by atoms with Crippen LogP contribution in [0.25, 0.3) is 33.3 Å². The minimum atomic E-state index is -0.0822. The number of anilines is 1. The van der Waals surface area contributed by atoms with Crippen LogP contribution in [0.4, 0.5) is 5.95 Å². The predicted octanol–water partition coefficient (Wildman–Crippen LogP) is 4.11. The van der Waals surface area contributed by atoms with Crippen LogP contribution in [-0.4, -0.2) is 32.4 Å². The average molecular weight is 439 g/mol. The largest absolute Gasteiger partial charge is 0.342 e. The van der Waals surface area contributed by atoms with Crippen LogP contribution < -0.4 is 10.5 Å². The van der Waals surface area contributed by atoms with Crippen LogP contribution in [0.15, 0.2) is 53.5 Å². The third-order valence-electron chi connectivity index (χ3n) is 6.66. The zero-order valence-corrected chi connectivity index (χ0v) is 19.1. The fourth-order valence-corrected chi connectivity index (χ4v) is 4.57. The molecule has 2 aromatic carbocycles. The number of benzene rings is 2. The zero-order valence-electron chi connectivity index (χ0n) is 19.1. The molecule has 33 heavy (non-hydrogen) atoms. The quantitative estimate of drug-likeness (QED) is 0.481. The van der Waals surface area contributed by atoms with Crippen LogP contribution in [0.5, 0.6) is 0 Å². The molecule has 4 aromatic rings. The predicted molar refractivity (Wildman–Crippen MR) is 130 cm³/mol.